The van der Waals surface area contributed by atoms with E-state index in [0.717, 1.165) is 10.8 Å². The predicted molar refractivity (Wildman–Crippen MR) is 89.3 cm³/mol. The van der Waals surface area contributed by atoms with Gasteiger partial charge in [0.25, 0.3) is 5.91 Å². The van der Waals surface area contributed by atoms with Gasteiger partial charge in [-0.15, -0.1) is 0 Å². The molecule has 0 spiro atoms. The highest BCUT2D eigenvalue weighted by molar-refractivity contribution is 6.05. The highest BCUT2D eigenvalue weighted by Gasteiger charge is 2.13. The van der Waals surface area contributed by atoms with Crippen LogP contribution in [0.5, 0.6) is 0 Å². The first-order valence-corrected chi connectivity index (χ1v) is 7.24. The molecule has 0 atom stereocenters. The third-order valence-electron chi connectivity index (χ3n) is 3.40. The molecule has 3 aromatic rings. The van der Waals surface area contributed by atoms with Crippen LogP contribution in [-0.4, -0.2) is 18.5 Å². The lowest BCUT2D eigenvalue weighted by molar-refractivity contribution is -0.119. The second-order valence-corrected chi connectivity index (χ2v) is 5.02. The minimum absolute atomic E-state index is 0.322. The molecule has 1 amide bonds. The molecule has 114 valence electrons. The first-order chi connectivity index (χ1) is 11.2. The second-order valence-electron chi connectivity index (χ2n) is 5.02. The Labute approximate surface area is 133 Å². The van der Waals surface area contributed by atoms with Crippen LogP contribution in [0.3, 0.4) is 0 Å². The molecule has 4 nitrogen and oxygen atoms in total. The van der Waals surface area contributed by atoms with Gasteiger partial charge in [-0.25, -0.2) is 4.79 Å². The summed E-state index contributed by atoms with van der Waals surface area (Å²) in [5, 5.41) is 4.43. The van der Waals surface area contributed by atoms with Gasteiger partial charge in [0.2, 0.25) is 0 Å². The third-order valence-corrected chi connectivity index (χ3v) is 3.40. The van der Waals surface area contributed by atoms with E-state index < -0.39 is 5.97 Å². The van der Waals surface area contributed by atoms with E-state index in [1.807, 2.05) is 48.5 Å². The summed E-state index contributed by atoms with van der Waals surface area (Å²) in [6.45, 7) is -0.322. The van der Waals surface area contributed by atoms with E-state index in [9.17, 15) is 9.59 Å². The number of nitrogens with one attached hydrogen (secondary N) is 1. The van der Waals surface area contributed by atoms with Crippen molar-refractivity contribution < 1.29 is 14.3 Å². The molecule has 0 aliphatic carbocycles. The number of amides is 1. The lowest BCUT2D eigenvalue weighted by Gasteiger charge is -2.08. The van der Waals surface area contributed by atoms with Crippen LogP contribution in [0.15, 0.2) is 72.8 Å². The van der Waals surface area contributed by atoms with E-state index in [0.29, 0.717) is 11.3 Å². The summed E-state index contributed by atoms with van der Waals surface area (Å²) in [5.41, 5.74) is 1.12. The number of anilines is 1. The van der Waals surface area contributed by atoms with E-state index in [1.165, 1.54) is 0 Å². The van der Waals surface area contributed by atoms with Gasteiger partial charge in [-0.3, -0.25) is 4.79 Å². The maximum atomic E-state index is 12.2. The van der Waals surface area contributed by atoms with Gasteiger partial charge in [-0.05, 0) is 29.0 Å². The molecule has 0 aliphatic heterocycles. The van der Waals surface area contributed by atoms with Crippen LogP contribution in [0.2, 0.25) is 0 Å². The van der Waals surface area contributed by atoms with Gasteiger partial charge in [0, 0.05) is 5.69 Å². The zero-order valence-corrected chi connectivity index (χ0v) is 12.4. The largest absolute Gasteiger partial charge is 0.452 e. The number of para-hydroxylation sites is 1. The molecule has 0 unspecified atom stereocenters. The Hall–Kier alpha value is -3.14. The Bertz CT molecular complexity index is 838. The van der Waals surface area contributed by atoms with Crippen molar-refractivity contribution in [2.24, 2.45) is 0 Å². The van der Waals surface area contributed by atoms with Crippen LogP contribution in [0.25, 0.3) is 10.8 Å². The number of carbonyl (C=O) groups is 2. The van der Waals surface area contributed by atoms with Gasteiger partial charge in [0.15, 0.2) is 6.61 Å². The molecule has 23 heavy (non-hydrogen) atoms. The molecule has 3 rings (SSSR count). The van der Waals surface area contributed by atoms with Gasteiger partial charge < -0.3 is 10.1 Å². The maximum Gasteiger partial charge on any atom is 0.339 e. The van der Waals surface area contributed by atoms with Gasteiger partial charge in [-0.2, -0.15) is 0 Å². The Morgan fingerprint density at radius 3 is 2.35 bits per heavy atom. The Kier molecular flexibility index (Phi) is 4.34. The first kappa shape index (κ1) is 14.8. The average molecular weight is 305 g/mol. The van der Waals surface area contributed by atoms with Crippen LogP contribution in [0.1, 0.15) is 10.4 Å². The fraction of sp³-hybridized carbons (Fsp3) is 0.0526. The number of ether oxygens (including phenoxy) is 1. The summed E-state index contributed by atoms with van der Waals surface area (Å²) in [6.07, 6.45) is 0. The molecule has 0 aromatic heterocycles. The summed E-state index contributed by atoms with van der Waals surface area (Å²) in [5.74, 6) is -0.880. The highest BCUT2D eigenvalue weighted by Crippen LogP contribution is 2.19. The van der Waals surface area contributed by atoms with Gasteiger partial charge >= 0.3 is 5.97 Å². The summed E-state index contributed by atoms with van der Waals surface area (Å²) >= 11 is 0. The van der Waals surface area contributed by atoms with Crippen LogP contribution < -0.4 is 5.32 Å². The molecule has 0 fully saturated rings. The number of rotatable bonds is 4. The van der Waals surface area contributed by atoms with E-state index in [4.69, 9.17) is 4.74 Å². The SMILES string of the molecule is O=C(COC(=O)c1cccc2ccccc12)Nc1ccccc1. The number of benzene rings is 3. The fourth-order valence-electron chi connectivity index (χ4n) is 2.33. The molecular formula is C19H15NO3. The molecule has 4 heteroatoms. The molecular weight excluding hydrogens is 290 g/mol. The van der Waals surface area contributed by atoms with Gasteiger partial charge in [-0.1, -0.05) is 54.6 Å². The van der Waals surface area contributed by atoms with E-state index in [1.54, 1.807) is 24.3 Å². The Balaban J connectivity index is 1.66. The lowest BCUT2D eigenvalue weighted by Crippen LogP contribution is -2.21. The standard InChI is InChI=1S/C19H15NO3/c21-18(20-15-9-2-1-3-10-15)13-23-19(22)17-12-6-8-14-7-4-5-11-16(14)17/h1-12H,13H2,(H,20,21). The number of esters is 1. The van der Waals surface area contributed by atoms with Crippen molar-refractivity contribution in [3.63, 3.8) is 0 Å². The van der Waals surface area contributed by atoms with Crippen LogP contribution >= 0.6 is 0 Å². The van der Waals surface area contributed by atoms with E-state index in [-0.39, 0.29) is 12.5 Å². The molecule has 0 heterocycles. The van der Waals surface area contributed by atoms with E-state index >= 15 is 0 Å². The average Bonchev–Trinajstić information content (AvgIpc) is 2.60. The molecule has 1 N–H and O–H groups in total. The number of hydrogen-bond donors (Lipinski definition) is 1. The van der Waals surface area contributed by atoms with Gasteiger partial charge in [0.05, 0.1) is 5.56 Å². The number of fused-ring (bicyclic) bond motifs is 1. The minimum Gasteiger partial charge on any atom is -0.452 e. The lowest BCUT2D eigenvalue weighted by atomic mass is 10.1. The van der Waals surface area contributed by atoms with Crippen molar-refractivity contribution in [1.29, 1.82) is 0 Å². The van der Waals surface area contributed by atoms with E-state index in [2.05, 4.69) is 5.32 Å². The topological polar surface area (TPSA) is 55.4 Å². The maximum absolute atomic E-state index is 12.2. The van der Waals surface area contributed by atoms with Crippen molar-refractivity contribution >= 4 is 28.3 Å². The van der Waals surface area contributed by atoms with Crippen LogP contribution in [0.4, 0.5) is 5.69 Å². The highest BCUT2D eigenvalue weighted by atomic mass is 16.5. The zero-order valence-electron chi connectivity index (χ0n) is 12.4. The molecule has 0 saturated carbocycles. The minimum atomic E-state index is -0.509. The van der Waals surface area contributed by atoms with Crippen LogP contribution in [0, 0.1) is 0 Å². The smallest absolute Gasteiger partial charge is 0.339 e. The summed E-state index contributed by atoms with van der Waals surface area (Å²) in [7, 11) is 0. The molecule has 3 aromatic carbocycles. The first-order valence-electron chi connectivity index (χ1n) is 7.24. The number of hydrogen-bond acceptors (Lipinski definition) is 3. The van der Waals surface area contributed by atoms with Crippen molar-refractivity contribution in [2.75, 3.05) is 11.9 Å². The molecule has 0 radical (unpaired) electrons. The summed E-state index contributed by atoms with van der Waals surface area (Å²) in [4.78, 5) is 24.0. The van der Waals surface area contributed by atoms with Crippen LogP contribution in [-0.2, 0) is 9.53 Å². The zero-order chi connectivity index (χ0) is 16.1. The summed E-state index contributed by atoms with van der Waals surface area (Å²) < 4.78 is 5.12. The second kappa shape index (κ2) is 6.75. The predicted octanol–water partition coefficient (Wildman–Crippen LogP) is 3.64. The molecule has 0 aliphatic rings. The Morgan fingerprint density at radius 2 is 1.52 bits per heavy atom. The Morgan fingerprint density at radius 1 is 0.826 bits per heavy atom. The normalized spacial score (nSPS) is 10.3. The summed E-state index contributed by atoms with van der Waals surface area (Å²) in [6, 6.07) is 22.0. The molecule has 0 bridgehead atoms. The van der Waals surface area contributed by atoms with Crippen molar-refractivity contribution in [1.82, 2.24) is 0 Å². The van der Waals surface area contributed by atoms with Gasteiger partial charge in [0.1, 0.15) is 0 Å². The number of carbonyl (C=O) groups excluding carboxylic acids is 2. The quantitative estimate of drug-likeness (QED) is 0.749. The van der Waals surface area contributed by atoms with Crippen molar-refractivity contribution in [3.05, 3.63) is 78.4 Å². The fourth-order valence-corrected chi connectivity index (χ4v) is 2.33. The monoisotopic (exact) mass is 305 g/mol. The molecule has 0 saturated heterocycles. The third kappa shape index (κ3) is 3.55. The van der Waals surface area contributed by atoms with Crippen molar-refractivity contribution in [3.8, 4) is 0 Å². The van der Waals surface area contributed by atoms with Crippen molar-refractivity contribution in [2.45, 2.75) is 0 Å².